The second kappa shape index (κ2) is 6.86. The highest BCUT2D eigenvalue weighted by atomic mass is 16.5. The first-order valence-corrected chi connectivity index (χ1v) is 6.32. The van der Waals surface area contributed by atoms with Crippen molar-refractivity contribution in [3.05, 3.63) is 0 Å². The van der Waals surface area contributed by atoms with Gasteiger partial charge in [0.15, 0.2) is 0 Å². The monoisotopic (exact) mass is 228 g/mol. The van der Waals surface area contributed by atoms with E-state index in [-0.39, 0.29) is 18.1 Å². The zero-order valence-electron chi connectivity index (χ0n) is 10.7. The summed E-state index contributed by atoms with van der Waals surface area (Å²) in [6, 6.07) is -0.0375. The van der Waals surface area contributed by atoms with Crippen molar-refractivity contribution in [2.75, 3.05) is 26.2 Å². The maximum Gasteiger partial charge on any atom is 0.237 e. The number of carbonyl (C=O) groups is 1. The Morgan fingerprint density at radius 3 is 2.94 bits per heavy atom. The Kier molecular flexibility index (Phi) is 5.77. The van der Waals surface area contributed by atoms with Gasteiger partial charge in [0.2, 0.25) is 5.91 Å². The topological polar surface area (TPSA) is 41.6 Å². The number of amides is 1. The Morgan fingerprint density at radius 2 is 2.31 bits per heavy atom. The van der Waals surface area contributed by atoms with Gasteiger partial charge in [0.25, 0.3) is 0 Å². The molecule has 1 amide bonds. The van der Waals surface area contributed by atoms with E-state index in [1.807, 2.05) is 6.92 Å². The normalized spacial score (nSPS) is 24.1. The van der Waals surface area contributed by atoms with Crippen molar-refractivity contribution in [1.29, 1.82) is 0 Å². The second-order valence-electron chi connectivity index (χ2n) is 4.36. The molecule has 0 aromatic carbocycles. The van der Waals surface area contributed by atoms with Crippen LogP contribution >= 0.6 is 0 Å². The number of ether oxygens (including phenoxy) is 1. The highest BCUT2D eigenvalue weighted by Gasteiger charge is 2.26. The first kappa shape index (κ1) is 13.5. The lowest BCUT2D eigenvalue weighted by molar-refractivity contribution is -0.129. The fourth-order valence-electron chi connectivity index (χ4n) is 1.90. The molecule has 1 heterocycles. The molecule has 0 bridgehead atoms. The van der Waals surface area contributed by atoms with Gasteiger partial charge in [-0.3, -0.25) is 9.69 Å². The number of nitrogens with zero attached hydrogens (tertiary/aromatic N) is 1. The minimum absolute atomic E-state index is 0.0375. The Morgan fingerprint density at radius 1 is 1.56 bits per heavy atom. The molecule has 94 valence electrons. The van der Waals surface area contributed by atoms with Crippen LogP contribution in [0.25, 0.3) is 0 Å². The molecule has 1 saturated heterocycles. The molecule has 2 unspecified atom stereocenters. The average molecular weight is 228 g/mol. The van der Waals surface area contributed by atoms with Crippen molar-refractivity contribution < 1.29 is 9.53 Å². The van der Waals surface area contributed by atoms with Crippen LogP contribution in [0, 0.1) is 0 Å². The third-order valence-corrected chi connectivity index (χ3v) is 3.10. The van der Waals surface area contributed by atoms with Crippen LogP contribution < -0.4 is 5.32 Å². The molecule has 0 aromatic heterocycles. The molecule has 16 heavy (non-hydrogen) atoms. The Balaban J connectivity index is 2.39. The SMILES string of the molecule is CCCNC(=O)C(C)N1CCOC(CC)C1. The Bertz CT molecular complexity index is 221. The zero-order valence-corrected chi connectivity index (χ0v) is 10.7. The summed E-state index contributed by atoms with van der Waals surface area (Å²) in [5.74, 6) is 0.138. The van der Waals surface area contributed by atoms with Gasteiger partial charge in [0.05, 0.1) is 18.8 Å². The van der Waals surface area contributed by atoms with E-state index in [2.05, 4.69) is 24.1 Å². The Hall–Kier alpha value is -0.610. The van der Waals surface area contributed by atoms with E-state index in [0.717, 1.165) is 39.1 Å². The molecule has 0 aromatic rings. The van der Waals surface area contributed by atoms with Gasteiger partial charge in [0.1, 0.15) is 0 Å². The molecule has 4 heteroatoms. The minimum Gasteiger partial charge on any atom is -0.376 e. The van der Waals surface area contributed by atoms with Crippen LogP contribution in [0.2, 0.25) is 0 Å². The number of hydrogen-bond acceptors (Lipinski definition) is 3. The second-order valence-corrected chi connectivity index (χ2v) is 4.36. The van der Waals surface area contributed by atoms with Crippen molar-refractivity contribution in [3.63, 3.8) is 0 Å². The van der Waals surface area contributed by atoms with Crippen molar-refractivity contribution in [1.82, 2.24) is 10.2 Å². The minimum atomic E-state index is -0.0375. The molecule has 0 saturated carbocycles. The molecule has 0 radical (unpaired) electrons. The number of morpholine rings is 1. The van der Waals surface area contributed by atoms with Gasteiger partial charge in [-0.25, -0.2) is 0 Å². The lowest BCUT2D eigenvalue weighted by Crippen LogP contribution is -2.52. The van der Waals surface area contributed by atoms with Crippen LogP contribution in [0.3, 0.4) is 0 Å². The number of carbonyl (C=O) groups excluding carboxylic acids is 1. The van der Waals surface area contributed by atoms with Gasteiger partial charge in [0, 0.05) is 19.6 Å². The summed E-state index contributed by atoms with van der Waals surface area (Å²) in [6.07, 6.45) is 2.29. The van der Waals surface area contributed by atoms with Crippen molar-refractivity contribution in [2.24, 2.45) is 0 Å². The molecule has 1 N–H and O–H groups in total. The van der Waals surface area contributed by atoms with E-state index in [9.17, 15) is 4.79 Å². The lowest BCUT2D eigenvalue weighted by Gasteiger charge is -2.35. The average Bonchev–Trinajstić information content (AvgIpc) is 2.35. The largest absolute Gasteiger partial charge is 0.376 e. The molecule has 1 fully saturated rings. The van der Waals surface area contributed by atoms with Gasteiger partial charge in [-0.15, -0.1) is 0 Å². The van der Waals surface area contributed by atoms with E-state index in [1.54, 1.807) is 0 Å². The number of rotatable bonds is 5. The molecule has 1 aliphatic heterocycles. The van der Waals surface area contributed by atoms with Crippen LogP contribution in [0.5, 0.6) is 0 Å². The lowest BCUT2D eigenvalue weighted by atomic mass is 10.1. The maximum atomic E-state index is 11.8. The summed E-state index contributed by atoms with van der Waals surface area (Å²) in [6.45, 7) is 9.40. The predicted molar refractivity (Wildman–Crippen MR) is 64.4 cm³/mol. The summed E-state index contributed by atoms with van der Waals surface area (Å²) in [4.78, 5) is 14.0. The van der Waals surface area contributed by atoms with Crippen molar-refractivity contribution >= 4 is 5.91 Å². The van der Waals surface area contributed by atoms with Gasteiger partial charge in [-0.1, -0.05) is 13.8 Å². The molecule has 0 spiro atoms. The third-order valence-electron chi connectivity index (χ3n) is 3.10. The molecular weight excluding hydrogens is 204 g/mol. The van der Waals surface area contributed by atoms with Crippen LogP contribution in [0.15, 0.2) is 0 Å². The molecular formula is C12H24N2O2. The van der Waals surface area contributed by atoms with Crippen LogP contribution in [0.1, 0.15) is 33.6 Å². The predicted octanol–water partition coefficient (Wildman–Crippen LogP) is 1.01. The summed E-state index contributed by atoms with van der Waals surface area (Å²) >= 11 is 0. The highest BCUT2D eigenvalue weighted by Crippen LogP contribution is 2.11. The molecule has 1 rings (SSSR count). The number of nitrogens with one attached hydrogen (secondary N) is 1. The molecule has 4 nitrogen and oxygen atoms in total. The van der Waals surface area contributed by atoms with E-state index in [4.69, 9.17) is 4.74 Å². The molecule has 1 aliphatic rings. The van der Waals surface area contributed by atoms with Gasteiger partial charge >= 0.3 is 0 Å². The molecule has 0 aliphatic carbocycles. The summed E-state index contributed by atoms with van der Waals surface area (Å²) < 4.78 is 5.60. The highest BCUT2D eigenvalue weighted by molar-refractivity contribution is 5.81. The van der Waals surface area contributed by atoms with Gasteiger partial charge < -0.3 is 10.1 Å². The summed E-state index contributed by atoms with van der Waals surface area (Å²) in [5.41, 5.74) is 0. The van der Waals surface area contributed by atoms with E-state index >= 15 is 0 Å². The summed E-state index contributed by atoms with van der Waals surface area (Å²) in [5, 5.41) is 2.94. The van der Waals surface area contributed by atoms with E-state index in [0.29, 0.717) is 0 Å². The zero-order chi connectivity index (χ0) is 12.0. The smallest absolute Gasteiger partial charge is 0.237 e. The van der Waals surface area contributed by atoms with Crippen LogP contribution in [-0.2, 0) is 9.53 Å². The first-order chi connectivity index (χ1) is 7.69. The van der Waals surface area contributed by atoms with Gasteiger partial charge in [-0.2, -0.15) is 0 Å². The fourth-order valence-corrected chi connectivity index (χ4v) is 1.90. The van der Waals surface area contributed by atoms with Crippen molar-refractivity contribution in [2.45, 2.75) is 45.8 Å². The molecule has 2 atom stereocenters. The van der Waals surface area contributed by atoms with E-state index < -0.39 is 0 Å². The van der Waals surface area contributed by atoms with Gasteiger partial charge in [-0.05, 0) is 19.8 Å². The number of hydrogen-bond donors (Lipinski definition) is 1. The summed E-state index contributed by atoms with van der Waals surface area (Å²) in [7, 11) is 0. The third kappa shape index (κ3) is 3.76. The quantitative estimate of drug-likeness (QED) is 0.763. The van der Waals surface area contributed by atoms with Crippen LogP contribution in [0.4, 0.5) is 0 Å². The Labute approximate surface area is 98.3 Å². The maximum absolute atomic E-state index is 11.8. The first-order valence-electron chi connectivity index (χ1n) is 6.32. The fraction of sp³-hybridized carbons (Fsp3) is 0.917. The van der Waals surface area contributed by atoms with Crippen molar-refractivity contribution in [3.8, 4) is 0 Å². The van der Waals surface area contributed by atoms with Crippen LogP contribution in [-0.4, -0.2) is 49.2 Å². The standard InChI is InChI=1S/C12H24N2O2/c1-4-6-13-12(15)10(3)14-7-8-16-11(5-2)9-14/h10-11H,4-9H2,1-3H3,(H,13,15). The van der Waals surface area contributed by atoms with E-state index in [1.165, 1.54) is 0 Å².